The summed E-state index contributed by atoms with van der Waals surface area (Å²) in [6, 6.07) is 0. The third-order valence-electron chi connectivity index (χ3n) is 9.17. The molecule has 0 radical (unpaired) electrons. The Kier molecular flexibility index (Phi) is 35.6. The fourth-order valence-electron chi connectivity index (χ4n) is 5.73. The molecule has 0 saturated carbocycles. The third kappa shape index (κ3) is 39.9. The van der Waals surface area contributed by atoms with Crippen molar-refractivity contribution >= 4 is 19.8 Å². The quantitative estimate of drug-likeness (QED) is 0.0216. The molecular formula is C44H83NO8P+. The van der Waals surface area contributed by atoms with E-state index < -0.39 is 26.5 Å². The molecular weight excluding hydrogens is 701 g/mol. The van der Waals surface area contributed by atoms with Gasteiger partial charge in [0.2, 0.25) is 0 Å². The van der Waals surface area contributed by atoms with Crippen LogP contribution in [0.2, 0.25) is 0 Å². The van der Waals surface area contributed by atoms with E-state index in [1.165, 1.54) is 89.9 Å². The van der Waals surface area contributed by atoms with Crippen LogP contribution in [-0.2, 0) is 32.7 Å². The minimum atomic E-state index is -4.38. The highest BCUT2D eigenvalue weighted by molar-refractivity contribution is 7.47. The summed E-state index contributed by atoms with van der Waals surface area (Å²) >= 11 is 0. The highest BCUT2D eigenvalue weighted by atomic mass is 31.2. The van der Waals surface area contributed by atoms with Crippen molar-refractivity contribution in [1.82, 2.24) is 0 Å². The van der Waals surface area contributed by atoms with E-state index in [1.54, 1.807) is 0 Å². The molecule has 0 fully saturated rings. The Hall–Kier alpha value is -1.77. The third-order valence-corrected chi connectivity index (χ3v) is 10.2. The van der Waals surface area contributed by atoms with Crippen molar-refractivity contribution in [2.24, 2.45) is 0 Å². The number of rotatable bonds is 39. The Morgan fingerprint density at radius 1 is 0.574 bits per heavy atom. The van der Waals surface area contributed by atoms with Gasteiger partial charge in [0, 0.05) is 12.8 Å². The first kappa shape index (κ1) is 52.2. The van der Waals surface area contributed by atoms with Crippen LogP contribution < -0.4 is 0 Å². The molecule has 1 unspecified atom stereocenters. The van der Waals surface area contributed by atoms with Crippen molar-refractivity contribution in [1.29, 1.82) is 0 Å². The minimum Gasteiger partial charge on any atom is -0.462 e. The summed E-state index contributed by atoms with van der Waals surface area (Å²) in [5.41, 5.74) is 0. The molecule has 1 N–H and O–H groups in total. The second-order valence-electron chi connectivity index (χ2n) is 15.7. The van der Waals surface area contributed by atoms with Crippen LogP contribution >= 0.6 is 7.82 Å². The second-order valence-corrected chi connectivity index (χ2v) is 17.2. The minimum absolute atomic E-state index is 0.0276. The maximum absolute atomic E-state index is 12.7. The average molecular weight is 785 g/mol. The molecule has 0 rings (SSSR count). The Balaban J connectivity index is 4.41. The Bertz CT molecular complexity index is 1020. The molecule has 0 saturated heterocycles. The predicted octanol–water partition coefficient (Wildman–Crippen LogP) is 12.1. The number of quaternary nitrogens is 1. The first-order valence-electron chi connectivity index (χ1n) is 21.7. The summed E-state index contributed by atoms with van der Waals surface area (Å²) < 4.78 is 34.3. The lowest BCUT2D eigenvalue weighted by atomic mass is 10.0. The summed E-state index contributed by atoms with van der Waals surface area (Å²) in [5.74, 6) is -0.821. The Labute approximate surface area is 331 Å². The lowest BCUT2D eigenvalue weighted by Gasteiger charge is -2.24. The molecule has 2 atom stereocenters. The molecule has 0 aliphatic carbocycles. The first-order valence-corrected chi connectivity index (χ1v) is 23.2. The van der Waals surface area contributed by atoms with Gasteiger partial charge in [-0.2, -0.15) is 0 Å². The van der Waals surface area contributed by atoms with E-state index in [1.807, 2.05) is 21.1 Å². The number of nitrogens with zero attached hydrogens (tertiary/aromatic N) is 1. The molecule has 0 aliphatic heterocycles. The van der Waals surface area contributed by atoms with Crippen molar-refractivity contribution in [3.8, 4) is 0 Å². The maximum atomic E-state index is 12.7. The maximum Gasteiger partial charge on any atom is 0.472 e. The van der Waals surface area contributed by atoms with Gasteiger partial charge in [-0.3, -0.25) is 18.6 Å². The summed E-state index contributed by atoms with van der Waals surface area (Å²) in [4.78, 5) is 35.3. The molecule has 54 heavy (non-hydrogen) atoms. The summed E-state index contributed by atoms with van der Waals surface area (Å²) in [7, 11) is 1.46. The van der Waals surface area contributed by atoms with Crippen LogP contribution in [-0.4, -0.2) is 74.9 Å². The number of ether oxygens (including phenoxy) is 2. The normalized spacial score (nSPS) is 14.0. The van der Waals surface area contributed by atoms with E-state index in [0.29, 0.717) is 17.4 Å². The van der Waals surface area contributed by atoms with Crippen LogP contribution in [0.25, 0.3) is 0 Å². The number of unbranched alkanes of at least 4 members (excludes halogenated alkanes) is 19. The summed E-state index contributed by atoms with van der Waals surface area (Å²) in [6.45, 7) is 4.37. The molecule has 0 aromatic rings. The van der Waals surface area contributed by atoms with E-state index in [2.05, 4.69) is 50.3 Å². The van der Waals surface area contributed by atoms with E-state index >= 15 is 0 Å². The van der Waals surface area contributed by atoms with Crippen molar-refractivity contribution in [2.45, 2.75) is 187 Å². The zero-order valence-electron chi connectivity index (χ0n) is 35.5. The van der Waals surface area contributed by atoms with E-state index in [-0.39, 0.29) is 32.0 Å². The molecule has 0 spiro atoms. The highest BCUT2D eigenvalue weighted by Gasteiger charge is 2.27. The van der Waals surface area contributed by atoms with Gasteiger partial charge in [-0.1, -0.05) is 153 Å². The molecule has 0 amide bonds. The summed E-state index contributed by atoms with van der Waals surface area (Å²) in [6.07, 6.45) is 40.4. The van der Waals surface area contributed by atoms with Gasteiger partial charge < -0.3 is 18.9 Å². The lowest BCUT2D eigenvalue weighted by molar-refractivity contribution is -0.870. The predicted molar refractivity (Wildman–Crippen MR) is 224 cm³/mol. The van der Waals surface area contributed by atoms with E-state index in [0.717, 1.165) is 57.8 Å². The van der Waals surface area contributed by atoms with Crippen molar-refractivity contribution < 1.29 is 42.1 Å². The number of esters is 2. The molecule has 0 aliphatic rings. The van der Waals surface area contributed by atoms with Gasteiger partial charge >= 0.3 is 19.8 Å². The average Bonchev–Trinajstić information content (AvgIpc) is 3.12. The zero-order valence-corrected chi connectivity index (χ0v) is 36.3. The lowest BCUT2D eigenvalue weighted by Crippen LogP contribution is -2.37. The van der Waals surface area contributed by atoms with Crippen molar-refractivity contribution in [3.63, 3.8) is 0 Å². The number of carbonyl (C=O) groups excluding carboxylic acids is 2. The largest absolute Gasteiger partial charge is 0.472 e. The van der Waals surface area contributed by atoms with E-state index in [9.17, 15) is 19.0 Å². The number of likely N-dealkylation sites (N-methyl/N-ethyl adjacent to an activating group) is 1. The van der Waals surface area contributed by atoms with Crippen LogP contribution in [0.1, 0.15) is 181 Å². The second kappa shape index (κ2) is 36.8. The molecule has 10 heteroatoms. The zero-order chi connectivity index (χ0) is 40.0. The number of allylic oxidation sites excluding steroid dienone is 6. The highest BCUT2D eigenvalue weighted by Crippen LogP contribution is 2.43. The number of phosphoric acid groups is 1. The van der Waals surface area contributed by atoms with Gasteiger partial charge in [0.25, 0.3) is 0 Å². The van der Waals surface area contributed by atoms with Crippen LogP contribution in [0.4, 0.5) is 0 Å². The molecule has 0 bridgehead atoms. The van der Waals surface area contributed by atoms with Crippen LogP contribution in [0, 0.1) is 0 Å². The van der Waals surface area contributed by atoms with Crippen LogP contribution in [0.5, 0.6) is 0 Å². The smallest absolute Gasteiger partial charge is 0.462 e. The number of hydrogen-bond acceptors (Lipinski definition) is 7. The number of hydrogen-bond donors (Lipinski definition) is 1. The van der Waals surface area contributed by atoms with Gasteiger partial charge in [-0.05, 0) is 51.4 Å². The Morgan fingerprint density at radius 3 is 1.52 bits per heavy atom. The van der Waals surface area contributed by atoms with Crippen molar-refractivity contribution in [3.05, 3.63) is 36.5 Å². The molecule has 0 heterocycles. The topological polar surface area (TPSA) is 108 Å². The van der Waals surface area contributed by atoms with Gasteiger partial charge in [0.1, 0.15) is 19.8 Å². The molecule has 9 nitrogen and oxygen atoms in total. The number of phosphoric ester groups is 1. The van der Waals surface area contributed by atoms with E-state index in [4.69, 9.17) is 18.5 Å². The van der Waals surface area contributed by atoms with Gasteiger partial charge in [-0.25, -0.2) is 4.57 Å². The number of carbonyl (C=O) groups is 2. The molecule has 0 aromatic carbocycles. The van der Waals surface area contributed by atoms with Crippen LogP contribution in [0.3, 0.4) is 0 Å². The SMILES string of the molecule is CCCCC/C=C\C/C=C\C/C=C\CCCCCCC(=O)O[C@H](COC(=O)CCCCCCCCCCCCCCC)COP(=O)(O)OCC[N+](C)(C)C. The standard InChI is InChI=1S/C44H82NO8P/c1-6-8-10-12-14-16-18-20-21-22-23-25-27-29-31-33-35-37-44(47)53-42(41-52-54(48,49)51-39-38-45(3,4)5)40-50-43(46)36-34-32-30-28-26-24-19-17-15-13-11-9-7-2/h14,16,20-21,23,25,42H,6-13,15,17-19,22,24,26-41H2,1-5H3/p+1/b16-14-,21-20-,25-23-/t42-/m1/s1. The monoisotopic (exact) mass is 785 g/mol. The first-order chi connectivity index (χ1) is 26.0. The fraction of sp³-hybridized carbons (Fsp3) is 0.818. The Morgan fingerprint density at radius 2 is 1.00 bits per heavy atom. The van der Waals surface area contributed by atoms with Crippen LogP contribution in [0.15, 0.2) is 36.5 Å². The summed E-state index contributed by atoms with van der Waals surface area (Å²) in [5, 5.41) is 0. The fourth-order valence-corrected chi connectivity index (χ4v) is 6.47. The van der Waals surface area contributed by atoms with Gasteiger partial charge in [-0.15, -0.1) is 0 Å². The van der Waals surface area contributed by atoms with Gasteiger partial charge in [0.05, 0.1) is 27.7 Å². The van der Waals surface area contributed by atoms with Gasteiger partial charge in [0.15, 0.2) is 6.10 Å². The molecule has 0 aromatic heterocycles. The van der Waals surface area contributed by atoms with Crippen molar-refractivity contribution in [2.75, 3.05) is 47.5 Å². The molecule has 316 valence electrons.